The summed E-state index contributed by atoms with van der Waals surface area (Å²) in [4.78, 5) is 37.7. The smallest absolute Gasteiger partial charge is 0.326 e. The maximum absolute atomic E-state index is 12.3. The molecule has 1 heterocycles. The van der Waals surface area contributed by atoms with Gasteiger partial charge in [0.2, 0.25) is 12.3 Å². The molecule has 0 bridgehead atoms. The SMILES string of the molecule is CSCC[C@@H](NC=O)C(=O)N[C@H](Cc1cc2ccccc2[nH]1)C(=O)O. The lowest BCUT2D eigenvalue weighted by atomic mass is 10.1. The van der Waals surface area contributed by atoms with Gasteiger partial charge in [-0.15, -0.1) is 0 Å². The highest BCUT2D eigenvalue weighted by molar-refractivity contribution is 7.98. The highest BCUT2D eigenvalue weighted by Crippen LogP contribution is 2.16. The Morgan fingerprint density at radius 3 is 2.72 bits per heavy atom. The molecule has 1 aromatic heterocycles. The van der Waals surface area contributed by atoms with Gasteiger partial charge in [-0.25, -0.2) is 4.79 Å². The van der Waals surface area contributed by atoms with Crippen LogP contribution in [0.15, 0.2) is 30.3 Å². The summed E-state index contributed by atoms with van der Waals surface area (Å²) in [5, 5.41) is 15.4. The van der Waals surface area contributed by atoms with Gasteiger partial charge in [0.25, 0.3) is 0 Å². The molecule has 8 heteroatoms. The minimum atomic E-state index is -1.12. The molecule has 0 saturated carbocycles. The van der Waals surface area contributed by atoms with Gasteiger partial charge in [0, 0.05) is 17.6 Å². The number of para-hydroxylation sites is 1. The summed E-state index contributed by atoms with van der Waals surface area (Å²) >= 11 is 1.55. The molecule has 0 aliphatic carbocycles. The van der Waals surface area contributed by atoms with Gasteiger partial charge in [-0.2, -0.15) is 11.8 Å². The van der Waals surface area contributed by atoms with Crippen LogP contribution in [0.2, 0.25) is 0 Å². The zero-order chi connectivity index (χ0) is 18.2. The van der Waals surface area contributed by atoms with Gasteiger partial charge in [0.15, 0.2) is 0 Å². The number of carboxylic acids is 1. The molecule has 0 radical (unpaired) electrons. The first-order valence-electron chi connectivity index (χ1n) is 7.83. The second kappa shape index (κ2) is 9.12. The molecule has 7 nitrogen and oxygen atoms in total. The van der Waals surface area contributed by atoms with Gasteiger partial charge in [0.05, 0.1) is 0 Å². The van der Waals surface area contributed by atoms with Crippen LogP contribution in [0.4, 0.5) is 0 Å². The fourth-order valence-corrected chi connectivity index (χ4v) is 3.02. The molecule has 134 valence electrons. The van der Waals surface area contributed by atoms with Crippen LogP contribution in [0.25, 0.3) is 10.9 Å². The number of aromatic amines is 1. The Bertz CT molecular complexity index is 713. The van der Waals surface area contributed by atoms with Crippen molar-refractivity contribution in [3.8, 4) is 0 Å². The molecule has 0 spiro atoms. The average molecular weight is 363 g/mol. The molecule has 0 saturated heterocycles. The number of hydrogen-bond acceptors (Lipinski definition) is 4. The topological polar surface area (TPSA) is 111 Å². The van der Waals surface area contributed by atoms with Crippen molar-refractivity contribution < 1.29 is 19.5 Å². The largest absolute Gasteiger partial charge is 0.480 e. The minimum Gasteiger partial charge on any atom is -0.480 e. The summed E-state index contributed by atoms with van der Waals surface area (Å²) in [5.74, 6) is -0.940. The number of amides is 2. The molecule has 0 fully saturated rings. The number of H-pyrrole nitrogens is 1. The summed E-state index contributed by atoms with van der Waals surface area (Å²) in [7, 11) is 0. The standard InChI is InChI=1S/C17H21N3O4S/c1-25-7-6-14(18-10-21)16(22)20-15(17(23)24)9-12-8-11-4-2-3-5-13(11)19-12/h2-5,8,10,14-15,19H,6-7,9H2,1H3,(H,18,21)(H,20,22)(H,23,24)/t14-,15-/m1/s1. The monoisotopic (exact) mass is 363 g/mol. The van der Waals surface area contributed by atoms with Crippen LogP contribution in [-0.2, 0) is 20.8 Å². The number of carbonyl (C=O) groups is 3. The van der Waals surface area contributed by atoms with Gasteiger partial charge >= 0.3 is 5.97 Å². The van der Waals surface area contributed by atoms with Crippen LogP contribution >= 0.6 is 11.8 Å². The maximum atomic E-state index is 12.3. The predicted molar refractivity (Wildman–Crippen MR) is 97.6 cm³/mol. The van der Waals surface area contributed by atoms with E-state index in [9.17, 15) is 19.5 Å². The van der Waals surface area contributed by atoms with Crippen molar-refractivity contribution in [2.75, 3.05) is 12.0 Å². The molecule has 0 aliphatic heterocycles. The zero-order valence-electron chi connectivity index (χ0n) is 13.8. The molecule has 2 atom stereocenters. The first-order valence-corrected chi connectivity index (χ1v) is 9.23. The Morgan fingerprint density at radius 2 is 2.08 bits per heavy atom. The highest BCUT2D eigenvalue weighted by atomic mass is 32.2. The Morgan fingerprint density at radius 1 is 1.32 bits per heavy atom. The maximum Gasteiger partial charge on any atom is 0.326 e. The molecular weight excluding hydrogens is 342 g/mol. The number of hydrogen-bond donors (Lipinski definition) is 4. The van der Waals surface area contributed by atoms with E-state index in [1.54, 1.807) is 11.8 Å². The Labute approximate surface area is 149 Å². The molecule has 2 aromatic rings. The van der Waals surface area contributed by atoms with E-state index in [0.717, 1.165) is 16.6 Å². The molecule has 25 heavy (non-hydrogen) atoms. The molecule has 2 rings (SSSR count). The highest BCUT2D eigenvalue weighted by Gasteiger charge is 2.25. The van der Waals surface area contributed by atoms with Crippen molar-refractivity contribution in [1.82, 2.24) is 15.6 Å². The second-order valence-corrected chi connectivity index (χ2v) is 6.59. The molecule has 1 aromatic carbocycles. The summed E-state index contributed by atoms with van der Waals surface area (Å²) in [6.07, 6.45) is 2.92. The van der Waals surface area contributed by atoms with E-state index >= 15 is 0 Å². The fraction of sp³-hybridized carbons (Fsp3) is 0.353. The molecule has 0 unspecified atom stereocenters. The van der Waals surface area contributed by atoms with Crippen LogP contribution in [0.3, 0.4) is 0 Å². The van der Waals surface area contributed by atoms with Crippen molar-refractivity contribution in [1.29, 1.82) is 0 Å². The van der Waals surface area contributed by atoms with Crippen molar-refractivity contribution in [3.05, 3.63) is 36.0 Å². The Balaban J connectivity index is 2.07. The quantitative estimate of drug-likeness (QED) is 0.473. The third kappa shape index (κ3) is 5.25. The molecular formula is C17H21N3O4S. The zero-order valence-corrected chi connectivity index (χ0v) is 14.6. The number of fused-ring (bicyclic) bond motifs is 1. The number of aromatic nitrogens is 1. The number of carboxylic acid groups (broad SMARTS) is 1. The van der Waals surface area contributed by atoms with E-state index in [1.807, 2.05) is 36.6 Å². The van der Waals surface area contributed by atoms with E-state index in [4.69, 9.17) is 0 Å². The predicted octanol–water partition coefficient (Wildman–Crippen LogP) is 1.15. The molecule has 0 aliphatic rings. The third-order valence-electron chi connectivity index (χ3n) is 3.82. The van der Waals surface area contributed by atoms with Crippen molar-refractivity contribution >= 4 is 41.0 Å². The minimum absolute atomic E-state index is 0.131. The normalized spacial score (nSPS) is 13.2. The van der Waals surface area contributed by atoms with Gasteiger partial charge in [0.1, 0.15) is 12.1 Å². The first-order chi connectivity index (χ1) is 12.0. The van der Waals surface area contributed by atoms with Gasteiger partial charge in [-0.1, -0.05) is 18.2 Å². The average Bonchev–Trinajstić information content (AvgIpc) is 3.00. The first kappa shape index (κ1) is 18.9. The number of rotatable bonds is 10. The van der Waals surface area contributed by atoms with Crippen LogP contribution in [0.5, 0.6) is 0 Å². The summed E-state index contributed by atoms with van der Waals surface area (Å²) in [6.45, 7) is 0. The van der Waals surface area contributed by atoms with Crippen molar-refractivity contribution in [3.63, 3.8) is 0 Å². The molecule has 4 N–H and O–H groups in total. The van der Waals surface area contributed by atoms with E-state index in [1.165, 1.54) is 0 Å². The lowest BCUT2D eigenvalue weighted by Crippen LogP contribution is -2.51. The van der Waals surface area contributed by atoms with Crippen molar-refractivity contribution in [2.24, 2.45) is 0 Å². The van der Waals surface area contributed by atoms with Crippen LogP contribution < -0.4 is 10.6 Å². The Kier molecular flexibility index (Phi) is 6.88. The number of carbonyl (C=O) groups excluding carboxylic acids is 2. The van der Waals surface area contributed by atoms with Crippen LogP contribution in [0.1, 0.15) is 12.1 Å². The lowest BCUT2D eigenvalue weighted by Gasteiger charge is -2.19. The van der Waals surface area contributed by atoms with E-state index in [-0.39, 0.29) is 6.42 Å². The van der Waals surface area contributed by atoms with E-state index < -0.39 is 24.0 Å². The Hall–Kier alpha value is -2.48. The number of thioether (sulfide) groups is 1. The lowest BCUT2D eigenvalue weighted by molar-refractivity contribution is -0.142. The third-order valence-corrected chi connectivity index (χ3v) is 4.46. The summed E-state index contributed by atoms with van der Waals surface area (Å²) < 4.78 is 0. The van der Waals surface area contributed by atoms with E-state index in [2.05, 4.69) is 15.6 Å². The van der Waals surface area contributed by atoms with Gasteiger partial charge < -0.3 is 20.7 Å². The number of aliphatic carboxylic acids is 1. The summed E-state index contributed by atoms with van der Waals surface area (Å²) in [5.41, 5.74) is 1.63. The summed E-state index contributed by atoms with van der Waals surface area (Å²) in [6, 6.07) is 7.67. The van der Waals surface area contributed by atoms with Gasteiger partial charge in [-0.05, 0) is 35.9 Å². The number of benzene rings is 1. The number of nitrogens with one attached hydrogen (secondary N) is 3. The van der Waals surface area contributed by atoms with Crippen LogP contribution in [-0.4, -0.2) is 52.5 Å². The fourth-order valence-electron chi connectivity index (χ4n) is 2.54. The van der Waals surface area contributed by atoms with Gasteiger partial charge in [-0.3, -0.25) is 9.59 Å². The van der Waals surface area contributed by atoms with Crippen LogP contribution in [0, 0.1) is 0 Å². The van der Waals surface area contributed by atoms with Crippen molar-refractivity contribution in [2.45, 2.75) is 24.9 Å². The molecule has 2 amide bonds. The second-order valence-electron chi connectivity index (χ2n) is 5.60. The van der Waals surface area contributed by atoms with E-state index in [0.29, 0.717) is 18.6 Å².